The van der Waals surface area contributed by atoms with E-state index in [0.29, 0.717) is 21.2 Å². The topological polar surface area (TPSA) is 39.2 Å². The van der Waals surface area contributed by atoms with Crippen LogP contribution in [-0.4, -0.2) is 18.1 Å². The van der Waals surface area contributed by atoms with Gasteiger partial charge in [-0.3, -0.25) is 0 Å². The Morgan fingerprint density at radius 2 is 2.11 bits per heavy atom. The zero-order valence-electron chi connectivity index (χ0n) is 9.78. The molecule has 1 aromatic heterocycles. The zero-order chi connectivity index (χ0) is 14.0. The normalized spacial score (nSPS) is 10.3. The van der Waals surface area contributed by atoms with Crippen molar-refractivity contribution in [1.82, 2.24) is 4.98 Å². The number of ether oxygens (including phenoxy) is 1. The van der Waals surface area contributed by atoms with Gasteiger partial charge < -0.3 is 4.74 Å². The van der Waals surface area contributed by atoms with E-state index in [1.54, 1.807) is 18.2 Å². The highest BCUT2D eigenvalue weighted by atomic mass is 35.5. The summed E-state index contributed by atoms with van der Waals surface area (Å²) in [6.45, 7) is 0. The van der Waals surface area contributed by atoms with E-state index < -0.39 is 11.9 Å². The molecular formula is C13H8Cl2FNO2. The fraction of sp³-hybridized carbons (Fsp3) is 0.0769. The van der Waals surface area contributed by atoms with Crippen LogP contribution in [0.25, 0.3) is 11.1 Å². The van der Waals surface area contributed by atoms with Crippen molar-refractivity contribution in [3.63, 3.8) is 0 Å². The fourth-order valence-corrected chi connectivity index (χ4v) is 1.98. The number of nitrogens with zero attached hydrogens (tertiary/aromatic N) is 1. The standard InChI is InChI=1S/C13H8Cl2FNO2/c1-19-13(18)9-5-7(6-17-12(9)16)8-3-2-4-10(14)11(8)15/h2-6H,1H3. The first-order chi connectivity index (χ1) is 9.04. The molecule has 0 N–H and O–H groups in total. The third kappa shape index (κ3) is 2.69. The van der Waals surface area contributed by atoms with E-state index in [4.69, 9.17) is 23.2 Å². The van der Waals surface area contributed by atoms with Crippen LogP contribution in [0.3, 0.4) is 0 Å². The van der Waals surface area contributed by atoms with Gasteiger partial charge in [0.05, 0.1) is 17.2 Å². The third-order valence-electron chi connectivity index (χ3n) is 2.51. The second-order valence-corrected chi connectivity index (χ2v) is 4.44. The summed E-state index contributed by atoms with van der Waals surface area (Å²) >= 11 is 12.0. The van der Waals surface area contributed by atoms with Crippen molar-refractivity contribution in [2.75, 3.05) is 7.11 Å². The molecule has 2 rings (SSSR count). The SMILES string of the molecule is COC(=O)c1cc(-c2cccc(Cl)c2Cl)cnc1F. The maximum absolute atomic E-state index is 13.4. The quantitative estimate of drug-likeness (QED) is 0.622. The van der Waals surface area contributed by atoms with E-state index >= 15 is 0 Å². The van der Waals surface area contributed by atoms with Gasteiger partial charge in [-0.15, -0.1) is 0 Å². The molecule has 3 nitrogen and oxygen atoms in total. The summed E-state index contributed by atoms with van der Waals surface area (Å²) < 4.78 is 17.9. The zero-order valence-corrected chi connectivity index (χ0v) is 11.3. The lowest BCUT2D eigenvalue weighted by atomic mass is 10.1. The molecule has 0 unspecified atom stereocenters. The van der Waals surface area contributed by atoms with Gasteiger partial charge in [0.1, 0.15) is 5.56 Å². The van der Waals surface area contributed by atoms with Gasteiger partial charge in [0.15, 0.2) is 0 Å². The maximum atomic E-state index is 13.4. The van der Waals surface area contributed by atoms with Crippen LogP contribution >= 0.6 is 23.2 Å². The molecule has 98 valence electrons. The number of esters is 1. The third-order valence-corrected chi connectivity index (χ3v) is 3.33. The minimum absolute atomic E-state index is 0.254. The average Bonchev–Trinajstić information content (AvgIpc) is 2.42. The Morgan fingerprint density at radius 1 is 1.37 bits per heavy atom. The monoisotopic (exact) mass is 299 g/mol. The van der Waals surface area contributed by atoms with Crippen molar-refractivity contribution >= 4 is 29.2 Å². The number of hydrogen-bond donors (Lipinski definition) is 0. The summed E-state index contributed by atoms with van der Waals surface area (Å²) in [7, 11) is 1.17. The molecule has 0 saturated carbocycles. The van der Waals surface area contributed by atoms with Gasteiger partial charge in [0, 0.05) is 17.3 Å². The molecule has 0 amide bonds. The summed E-state index contributed by atoms with van der Waals surface area (Å²) in [4.78, 5) is 14.9. The summed E-state index contributed by atoms with van der Waals surface area (Å²) in [5.41, 5.74) is 0.789. The van der Waals surface area contributed by atoms with E-state index in [-0.39, 0.29) is 5.56 Å². The Morgan fingerprint density at radius 3 is 2.79 bits per heavy atom. The van der Waals surface area contributed by atoms with Crippen LogP contribution in [-0.2, 0) is 4.74 Å². The van der Waals surface area contributed by atoms with Crippen LogP contribution in [0.1, 0.15) is 10.4 Å². The number of carbonyl (C=O) groups is 1. The average molecular weight is 300 g/mol. The Balaban J connectivity index is 2.58. The van der Waals surface area contributed by atoms with Crippen LogP contribution in [0.2, 0.25) is 10.0 Å². The number of benzene rings is 1. The number of halogens is 3. The highest BCUT2D eigenvalue weighted by Crippen LogP contribution is 2.33. The molecular weight excluding hydrogens is 292 g/mol. The fourth-order valence-electron chi connectivity index (χ4n) is 1.58. The van der Waals surface area contributed by atoms with E-state index in [1.165, 1.54) is 19.4 Å². The second-order valence-electron chi connectivity index (χ2n) is 3.66. The predicted octanol–water partition coefficient (Wildman–Crippen LogP) is 3.98. The smallest absolute Gasteiger partial charge is 0.342 e. The van der Waals surface area contributed by atoms with Crippen molar-refractivity contribution in [3.05, 3.63) is 52.0 Å². The number of pyridine rings is 1. The van der Waals surface area contributed by atoms with Crippen LogP contribution in [0.15, 0.2) is 30.5 Å². The van der Waals surface area contributed by atoms with Gasteiger partial charge in [-0.2, -0.15) is 4.39 Å². The Bertz CT molecular complexity index is 647. The molecule has 0 fully saturated rings. The van der Waals surface area contributed by atoms with Crippen molar-refractivity contribution in [3.8, 4) is 11.1 Å². The second kappa shape index (κ2) is 5.55. The van der Waals surface area contributed by atoms with Gasteiger partial charge >= 0.3 is 5.97 Å². The largest absolute Gasteiger partial charge is 0.465 e. The molecule has 0 saturated heterocycles. The summed E-state index contributed by atoms with van der Waals surface area (Å²) in [6, 6.07) is 6.35. The van der Waals surface area contributed by atoms with E-state index in [9.17, 15) is 9.18 Å². The first-order valence-electron chi connectivity index (χ1n) is 5.23. The molecule has 1 heterocycles. The van der Waals surface area contributed by atoms with Gasteiger partial charge in [-0.25, -0.2) is 9.78 Å². The van der Waals surface area contributed by atoms with Crippen LogP contribution in [0, 0.1) is 5.95 Å². The molecule has 2 aromatic rings. The minimum Gasteiger partial charge on any atom is -0.465 e. The number of aromatic nitrogens is 1. The molecule has 6 heteroatoms. The Labute approximate surface area is 118 Å². The molecule has 0 aliphatic carbocycles. The lowest BCUT2D eigenvalue weighted by molar-refractivity contribution is 0.0594. The van der Waals surface area contributed by atoms with Crippen molar-refractivity contribution in [2.45, 2.75) is 0 Å². The molecule has 1 aromatic carbocycles. The number of hydrogen-bond acceptors (Lipinski definition) is 3. The van der Waals surface area contributed by atoms with Crippen molar-refractivity contribution < 1.29 is 13.9 Å². The van der Waals surface area contributed by atoms with E-state index in [0.717, 1.165) is 0 Å². The van der Waals surface area contributed by atoms with Gasteiger partial charge in [0.25, 0.3) is 0 Å². The molecule has 0 aliphatic heterocycles. The predicted molar refractivity (Wildman–Crippen MR) is 71.0 cm³/mol. The van der Waals surface area contributed by atoms with Gasteiger partial charge in [-0.1, -0.05) is 35.3 Å². The van der Waals surface area contributed by atoms with Crippen LogP contribution in [0.4, 0.5) is 4.39 Å². The molecule has 0 aliphatic rings. The van der Waals surface area contributed by atoms with Crippen LogP contribution < -0.4 is 0 Å². The summed E-state index contributed by atoms with van der Waals surface area (Å²) in [5, 5.41) is 0.677. The Hall–Kier alpha value is -1.65. The first-order valence-corrected chi connectivity index (χ1v) is 5.98. The van der Waals surface area contributed by atoms with Gasteiger partial charge in [-0.05, 0) is 12.1 Å². The van der Waals surface area contributed by atoms with Crippen molar-refractivity contribution in [1.29, 1.82) is 0 Å². The van der Waals surface area contributed by atoms with Gasteiger partial charge in [0.2, 0.25) is 5.95 Å². The highest BCUT2D eigenvalue weighted by Gasteiger charge is 2.16. The summed E-state index contributed by atoms with van der Waals surface area (Å²) in [6.07, 6.45) is 1.28. The highest BCUT2D eigenvalue weighted by molar-refractivity contribution is 6.43. The number of methoxy groups -OCH3 is 1. The maximum Gasteiger partial charge on any atom is 0.342 e. The molecule has 0 atom stereocenters. The molecule has 0 spiro atoms. The molecule has 0 radical (unpaired) electrons. The first kappa shape index (κ1) is 13.8. The lowest BCUT2D eigenvalue weighted by Gasteiger charge is -2.07. The number of rotatable bonds is 2. The molecule has 0 bridgehead atoms. The summed E-state index contributed by atoms with van der Waals surface area (Å²) in [5.74, 6) is -1.70. The van der Waals surface area contributed by atoms with E-state index in [1.807, 2.05) is 0 Å². The molecule has 19 heavy (non-hydrogen) atoms. The Kier molecular flexibility index (Phi) is 4.02. The van der Waals surface area contributed by atoms with Crippen LogP contribution in [0.5, 0.6) is 0 Å². The van der Waals surface area contributed by atoms with E-state index in [2.05, 4.69) is 9.72 Å². The minimum atomic E-state index is -0.895. The lowest BCUT2D eigenvalue weighted by Crippen LogP contribution is -2.06. The number of carbonyl (C=O) groups excluding carboxylic acids is 1. The van der Waals surface area contributed by atoms with Crippen molar-refractivity contribution in [2.24, 2.45) is 0 Å².